The van der Waals surface area contributed by atoms with Crippen molar-refractivity contribution in [1.82, 2.24) is 19.9 Å². The van der Waals surface area contributed by atoms with E-state index in [2.05, 4.69) is 30.1 Å². The van der Waals surface area contributed by atoms with Crippen molar-refractivity contribution in [3.05, 3.63) is 6.20 Å². The highest BCUT2D eigenvalue weighted by Gasteiger charge is 2.33. The third-order valence-corrected chi connectivity index (χ3v) is 7.49. The third-order valence-electron chi connectivity index (χ3n) is 6.05. The van der Waals surface area contributed by atoms with Crippen LogP contribution in [0, 0.1) is 0 Å². The summed E-state index contributed by atoms with van der Waals surface area (Å²) in [6, 6.07) is -0.499. The molecule has 1 aliphatic carbocycles. The van der Waals surface area contributed by atoms with E-state index in [4.69, 9.17) is 4.74 Å². The zero-order chi connectivity index (χ0) is 24.5. The van der Waals surface area contributed by atoms with Gasteiger partial charge in [0.05, 0.1) is 30.9 Å². The Labute approximate surface area is 194 Å². The topological polar surface area (TPSA) is 136 Å². The molecule has 1 atom stereocenters. The van der Waals surface area contributed by atoms with E-state index in [1.54, 1.807) is 0 Å². The molecule has 3 heterocycles. The van der Waals surface area contributed by atoms with Gasteiger partial charge in [-0.25, -0.2) is 18.2 Å². The number of anilines is 2. The predicted molar refractivity (Wildman–Crippen MR) is 116 cm³/mol. The van der Waals surface area contributed by atoms with Gasteiger partial charge in [0.15, 0.2) is 5.82 Å². The fourth-order valence-corrected chi connectivity index (χ4v) is 5.69. The molecule has 15 heteroatoms. The van der Waals surface area contributed by atoms with Gasteiger partial charge < -0.3 is 14.8 Å². The highest BCUT2D eigenvalue weighted by atomic mass is 32.2. The summed E-state index contributed by atoms with van der Waals surface area (Å²) in [6.07, 6.45) is -2.24. The first-order valence-electron chi connectivity index (χ1n) is 11.2. The number of hydrogen-bond acceptors (Lipinski definition) is 8. The molecule has 2 aromatic heterocycles. The van der Waals surface area contributed by atoms with E-state index in [1.165, 1.54) is 6.20 Å². The van der Waals surface area contributed by atoms with Crippen molar-refractivity contribution in [2.75, 3.05) is 35.7 Å². The Hall–Kier alpha value is -2.39. The summed E-state index contributed by atoms with van der Waals surface area (Å²) < 4.78 is 69.7. The lowest BCUT2D eigenvalue weighted by Gasteiger charge is -2.31. The number of ether oxygens (including phenoxy) is 1. The van der Waals surface area contributed by atoms with Gasteiger partial charge in [0, 0.05) is 19.1 Å². The molecule has 0 aromatic carbocycles. The molecule has 190 valence electrons. The van der Waals surface area contributed by atoms with Gasteiger partial charge in [-0.2, -0.15) is 18.3 Å². The molecule has 0 bridgehead atoms. The van der Waals surface area contributed by atoms with Crippen LogP contribution in [0.2, 0.25) is 0 Å². The van der Waals surface area contributed by atoms with Crippen LogP contribution in [0.15, 0.2) is 6.20 Å². The molecule has 0 radical (unpaired) electrons. The lowest BCUT2D eigenvalue weighted by atomic mass is 9.92. The van der Waals surface area contributed by atoms with E-state index in [9.17, 15) is 26.8 Å². The fraction of sp³-hybridized carbons (Fsp3) is 0.737. The number of hydrogen-bond donors (Lipinski definition) is 4. The van der Waals surface area contributed by atoms with Crippen LogP contribution in [0.3, 0.4) is 0 Å². The fourth-order valence-electron chi connectivity index (χ4n) is 4.33. The first-order chi connectivity index (χ1) is 16.0. The number of aromatic nitrogens is 4. The zero-order valence-electron chi connectivity index (χ0n) is 18.7. The molecule has 11 nitrogen and oxygen atoms in total. The van der Waals surface area contributed by atoms with E-state index in [1.807, 2.05) is 6.92 Å². The molecular weight excluding hydrogens is 479 g/mol. The second kappa shape index (κ2) is 9.70. The van der Waals surface area contributed by atoms with Crippen LogP contribution in [0.25, 0.3) is 11.0 Å². The predicted octanol–water partition coefficient (Wildman–Crippen LogP) is 1.30. The Balaban J connectivity index is 1.34. The summed E-state index contributed by atoms with van der Waals surface area (Å²) in [5, 5.41) is 21.6. The van der Waals surface area contributed by atoms with Crippen molar-refractivity contribution >= 4 is 32.8 Å². The number of H-pyrrole nitrogens is 1. The molecule has 1 aliphatic heterocycles. The molecule has 4 N–H and O–H groups in total. The van der Waals surface area contributed by atoms with E-state index in [0.717, 1.165) is 4.73 Å². The number of nitrogens with zero attached hydrogens (tertiary/aromatic N) is 4. The Kier molecular flexibility index (Phi) is 7.05. The molecule has 2 aromatic rings. The van der Waals surface area contributed by atoms with E-state index in [-0.39, 0.29) is 18.1 Å². The lowest BCUT2D eigenvalue weighted by Crippen LogP contribution is -2.43. The minimum Gasteiger partial charge on any atom is -0.375 e. The number of nitrogens with one attached hydrogen (secondary N) is 3. The van der Waals surface area contributed by atoms with Crippen LogP contribution in [0.5, 0.6) is 0 Å². The molecule has 2 aliphatic rings. The summed E-state index contributed by atoms with van der Waals surface area (Å²) >= 11 is 0. The number of fused-ring (bicyclic) bond motifs is 1. The monoisotopic (exact) mass is 508 g/mol. The van der Waals surface area contributed by atoms with Crippen LogP contribution in [0.4, 0.5) is 24.9 Å². The Morgan fingerprint density at radius 1 is 1.29 bits per heavy atom. The van der Waals surface area contributed by atoms with Gasteiger partial charge in [-0.1, -0.05) is 4.73 Å². The van der Waals surface area contributed by atoms with Gasteiger partial charge in [0.2, 0.25) is 15.7 Å². The minimum absolute atomic E-state index is 0.0693. The number of aromatic amines is 1. The third kappa shape index (κ3) is 6.18. The standard InChI is InChI=1S/C19H28F3N7O4S/c1-12-10-28(7-8-33-12)17-15-11-29(30)18(24-16(15)25-26-17)23-13-2-4-14(5-3-13)27-34(31,32)9-6-19(20,21)22/h11-14,27,30H,2-10H2,1H3,(H,23,24,25)/p+1/t12-,13-,14-/m0/s1. The maximum Gasteiger partial charge on any atom is 0.430 e. The van der Waals surface area contributed by atoms with E-state index < -0.39 is 34.4 Å². The maximum absolute atomic E-state index is 12.3. The Bertz CT molecular complexity index is 1100. The van der Waals surface area contributed by atoms with E-state index in [0.29, 0.717) is 62.2 Å². The molecule has 34 heavy (non-hydrogen) atoms. The SMILES string of the molecule is C[C@H]1CN(c2n[nH]c3nc(N[C@H]4CC[C@H](NS(=O)(=O)CCC(F)(F)F)CC4)[n+](O)cc23)CCO1. The average molecular weight is 509 g/mol. The number of rotatable bonds is 7. The van der Waals surface area contributed by atoms with Crippen LogP contribution >= 0.6 is 0 Å². The normalized spacial score (nSPS) is 24.5. The smallest absolute Gasteiger partial charge is 0.375 e. The first kappa shape index (κ1) is 24.7. The molecule has 1 saturated heterocycles. The molecule has 4 rings (SSSR count). The van der Waals surface area contributed by atoms with Crippen molar-refractivity contribution in [3.8, 4) is 0 Å². The van der Waals surface area contributed by atoms with Crippen molar-refractivity contribution in [1.29, 1.82) is 0 Å². The Morgan fingerprint density at radius 3 is 2.68 bits per heavy atom. The van der Waals surface area contributed by atoms with Gasteiger partial charge in [0.25, 0.3) is 0 Å². The van der Waals surface area contributed by atoms with Crippen LogP contribution in [-0.2, 0) is 14.8 Å². The number of sulfonamides is 1. The van der Waals surface area contributed by atoms with Gasteiger partial charge >= 0.3 is 12.1 Å². The lowest BCUT2D eigenvalue weighted by molar-refractivity contribution is -0.894. The quantitative estimate of drug-likeness (QED) is 0.325. The number of halogens is 3. The molecule has 0 unspecified atom stereocenters. The van der Waals surface area contributed by atoms with Gasteiger partial charge in [-0.05, 0) is 37.6 Å². The van der Waals surface area contributed by atoms with Crippen LogP contribution < -0.4 is 19.7 Å². The largest absolute Gasteiger partial charge is 0.430 e. The second-order valence-electron chi connectivity index (χ2n) is 8.84. The van der Waals surface area contributed by atoms with Crippen molar-refractivity contribution in [3.63, 3.8) is 0 Å². The van der Waals surface area contributed by atoms with E-state index >= 15 is 0 Å². The summed E-state index contributed by atoms with van der Waals surface area (Å²) in [5.41, 5.74) is 0.507. The number of morpholine rings is 1. The second-order valence-corrected chi connectivity index (χ2v) is 10.7. The maximum atomic E-state index is 12.3. The molecule has 1 saturated carbocycles. The highest BCUT2D eigenvalue weighted by molar-refractivity contribution is 7.89. The molecule has 0 amide bonds. The zero-order valence-corrected chi connectivity index (χ0v) is 19.5. The van der Waals surface area contributed by atoms with Crippen LogP contribution in [-0.4, -0.2) is 78.6 Å². The van der Waals surface area contributed by atoms with Crippen molar-refractivity contribution in [2.24, 2.45) is 0 Å². The summed E-state index contributed by atoms with van der Waals surface area (Å²) in [6.45, 7) is 3.92. The van der Waals surface area contributed by atoms with Crippen LogP contribution in [0.1, 0.15) is 39.0 Å². The summed E-state index contributed by atoms with van der Waals surface area (Å²) in [4.78, 5) is 6.51. The van der Waals surface area contributed by atoms with Gasteiger partial charge in [0.1, 0.15) is 11.6 Å². The summed E-state index contributed by atoms with van der Waals surface area (Å²) in [5.74, 6) is -0.0730. The van der Waals surface area contributed by atoms with Crippen molar-refractivity contribution < 1.29 is 36.3 Å². The molecule has 0 spiro atoms. The molecular formula is C19H29F3N7O4S+. The average Bonchev–Trinajstić information content (AvgIpc) is 3.16. The van der Waals surface area contributed by atoms with Crippen molar-refractivity contribution in [2.45, 2.75) is 63.4 Å². The summed E-state index contributed by atoms with van der Waals surface area (Å²) in [7, 11) is -4.00. The van der Waals surface area contributed by atoms with Gasteiger partial charge in [-0.3, -0.25) is 5.32 Å². The molecule has 2 fully saturated rings. The number of alkyl halides is 3. The Morgan fingerprint density at radius 2 is 2.00 bits per heavy atom. The first-order valence-corrected chi connectivity index (χ1v) is 12.8. The highest BCUT2D eigenvalue weighted by Crippen LogP contribution is 2.26. The van der Waals surface area contributed by atoms with Gasteiger partial charge in [-0.15, -0.1) is 0 Å². The minimum atomic E-state index is -4.51.